The molecule has 0 unspecified atom stereocenters. The summed E-state index contributed by atoms with van der Waals surface area (Å²) in [6, 6.07) is 10.9. The Hall–Kier alpha value is -3.32. The van der Waals surface area contributed by atoms with Crippen LogP contribution in [-0.2, 0) is 0 Å². The molecule has 6 nitrogen and oxygen atoms in total. The van der Waals surface area contributed by atoms with Crippen LogP contribution in [0.5, 0.6) is 0 Å². The van der Waals surface area contributed by atoms with Gasteiger partial charge in [0.2, 0.25) is 0 Å². The van der Waals surface area contributed by atoms with Crippen molar-refractivity contribution < 1.29 is 18.4 Å². The Morgan fingerprint density at radius 1 is 1.14 bits per heavy atom. The summed E-state index contributed by atoms with van der Waals surface area (Å²) in [5, 5.41) is 0.412. The number of nitrogens with zero attached hydrogens (tertiary/aromatic N) is 2. The van der Waals surface area contributed by atoms with Crippen molar-refractivity contribution in [3.8, 4) is 0 Å². The highest BCUT2D eigenvalue weighted by atomic mass is 35.5. The van der Waals surface area contributed by atoms with E-state index in [9.17, 15) is 14.0 Å². The van der Waals surface area contributed by atoms with Gasteiger partial charge in [-0.2, -0.15) is 0 Å². The third-order valence-electron chi connectivity index (χ3n) is 4.60. The monoisotopic (exact) mass is 399 g/mol. The molecular formula is C20H15ClFN3O3. The molecule has 0 radical (unpaired) electrons. The minimum absolute atomic E-state index is 0.0517. The van der Waals surface area contributed by atoms with Gasteiger partial charge < -0.3 is 15.1 Å². The minimum atomic E-state index is -0.731. The van der Waals surface area contributed by atoms with E-state index < -0.39 is 5.91 Å². The van der Waals surface area contributed by atoms with Gasteiger partial charge in [-0.15, -0.1) is 0 Å². The molecule has 2 aromatic carbocycles. The first kappa shape index (κ1) is 18.1. The molecule has 142 valence electrons. The van der Waals surface area contributed by atoms with Gasteiger partial charge >= 0.3 is 0 Å². The van der Waals surface area contributed by atoms with E-state index in [0.717, 1.165) is 5.69 Å². The van der Waals surface area contributed by atoms with E-state index >= 15 is 0 Å². The van der Waals surface area contributed by atoms with E-state index in [1.54, 1.807) is 31.2 Å². The maximum atomic E-state index is 13.6. The van der Waals surface area contributed by atoms with Crippen LogP contribution >= 0.6 is 11.6 Å². The summed E-state index contributed by atoms with van der Waals surface area (Å²) in [4.78, 5) is 27.7. The lowest BCUT2D eigenvalue weighted by Gasteiger charge is -2.38. The number of primary amides is 1. The molecule has 0 saturated heterocycles. The maximum Gasteiger partial charge on any atom is 0.284 e. The van der Waals surface area contributed by atoms with Crippen molar-refractivity contribution >= 4 is 40.5 Å². The molecule has 3 aromatic rings. The van der Waals surface area contributed by atoms with Crippen LogP contribution in [0.15, 0.2) is 53.1 Å². The van der Waals surface area contributed by atoms with Gasteiger partial charge in [0.05, 0.1) is 16.9 Å². The number of rotatable bonds is 3. The number of anilines is 3. The lowest BCUT2D eigenvalue weighted by molar-refractivity contribution is 0.0969. The van der Waals surface area contributed by atoms with Gasteiger partial charge in [0.1, 0.15) is 18.7 Å². The Balaban J connectivity index is 1.85. The summed E-state index contributed by atoms with van der Waals surface area (Å²) in [7, 11) is 0. The quantitative estimate of drug-likeness (QED) is 0.714. The van der Waals surface area contributed by atoms with Crippen molar-refractivity contribution in [1.29, 1.82) is 0 Å². The molecule has 0 spiro atoms. The lowest BCUT2D eigenvalue weighted by Crippen LogP contribution is -2.45. The molecule has 1 aliphatic heterocycles. The smallest absolute Gasteiger partial charge is 0.284 e. The summed E-state index contributed by atoms with van der Waals surface area (Å²) < 4.78 is 18.7. The third kappa shape index (κ3) is 2.99. The van der Waals surface area contributed by atoms with E-state index in [1.165, 1.54) is 29.4 Å². The zero-order valence-electron chi connectivity index (χ0n) is 14.8. The molecule has 0 bridgehead atoms. The second-order valence-electron chi connectivity index (χ2n) is 6.43. The fraction of sp³-hybridized carbons (Fsp3) is 0.100. The number of nitrogens with two attached hydrogens (primary N) is 1. The zero-order chi connectivity index (χ0) is 20.0. The molecule has 0 fully saturated rings. The number of aryl methyl sites for hydroxylation is 1. The number of halogens is 2. The van der Waals surface area contributed by atoms with Gasteiger partial charge in [-0.3, -0.25) is 14.5 Å². The number of carbonyl (C=O) groups is 2. The summed E-state index contributed by atoms with van der Waals surface area (Å²) >= 11 is 6.11. The maximum absolute atomic E-state index is 13.6. The Bertz CT molecular complexity index is 1110. The molecule has 0 atom stereocenters. The largest absolute Gasteiger partial charge is 0.457 e. The van der Waals surface area contributed by atoms with Crippen LogP contribution in [-0.4, -0.2) is 18.5 Å². The van der Waals surface area contributed by atoms with Crippen LogP contribution in [0.4, 0.5) is 21.5 Å². The van der Waals surface area contributed by atoms with E-state index in [1.807, 2.05) is 4.90 Å². The van der Waals surface area contributed by atoms with Crippen molar-refractivity contribution in [2.45, 2.75) is 6.92 Å². The lowest BCUT2D eigenvalue weighted by atomic mass is 10.1. The molecule has 0 saturated carbocycles. The second-order valence-corrected chi connectivity index (χ2v) is 6.86. The number of benzene rings is 2. The molecule has 0 aliphatic carbocycles. The zero-order valence-corrected chi connectivity index (χ0v) is 15.5. The first-order valence-corrected chi connectivity index (χ1v) is 8.76. The van der Waals surface area contributed by atoms with E-state index in [2.05, 4.69) is 0 Å². The molecule has 1 aromatic heterocycles. The summed E-state index contributed by atoms with van der Waals surface area (Å²) in [6.45, 7) is 1.93. The van der Waals surface area contributed by atoms with Gasteiger partial charge in [-0.1, -0.05) is 11.6 Å². The first-order chi connectivity index (χ1) is 13.3. The Kier molecular flexibility index (Phi) is 4.31. The van der Waals surface area contributed by atoms with Crippen LogP contribution < -0.4 is 15.5 Å². The second kappa shape index (κ2) is 6.69. The highest BCUT2D eigenvalue weighted by Crippen LogP contribution is 2.38. The van der Waals surface area contributed by atoms with Crippen molar-refractivity contribution in [3.05, 3.63) is 76.5 Å². The summed E-state index contributed by atoms with van der Waals surface area (Å²) in [5.74, 6) is -1.43. The summed E-state index contributed by atoms with van der Waals surface area (Å²) in [5.41, 5.74) is 8.10. The molecule has 1 aliphatic rings. The average molecular weight is 400 g/mol. The van der Waals surface area contributed by atoms with E-state index in [4.69, 9.17) is 21.8 Å². The van der Waals surface area contributed by atoms with Gasteiger partial charge in [0, 0.05) is 16.8 Å². The first-order valence-electron chi connectivity index (χ1n) is 8.38. The molecule has 2 heterocycles. The molecule has 4 rings (SSSR count). The van der Waals surface area contributed by atoms with Gasteiger partial charge in [0.15, 0.2) is 5.76 Å². The fourth-order valence-electron chi connectivity index (χ4n) is 3.27. The van der Waals surface area contributed by atoms with Crippen molar-refractivity contribution in [3.63, 3.8) is 0 Å². The SMILES string of the molecule is Cc1cc(F)ccc1N1CN(c2coc(C(N)=O)c2)C(=O)c2cc(Cl)ccc21. The van der Waals surface area contributed by atoms with Crippen LogP contribution in [0.1, 0.15) is 26.5 Å². The summed E-state index contributed by atoms with van der Waals surface area (Å²) in [6.07, 6.45) is 1.29. The van der Waals surface area contributed by atoms with Gasteiger partial charge in [0.25, 0.3) is 11.8 Å². The molecule has 8 heteroatoms. The topological polar surface area (TPSA) is 79.8 Å². The normalized spacial score (nSPS) is 13.6. The Morgan fingerprint density at radius 2 is 1.89 bits per heavy atom. The predicted octanol–water partition coefficient (Wildman–Crippen LogP) is 4.24. The van der Waals surface area contributed by atoms with Crippen LogP contribution in [0.3, 0.4) is 0 Å². The van der Waals surface area contributed by atoms with E-state index in [-0.39, 0.29) is 24.2 Å². The third-order valence-corrected chi connectivity index (χ3v) is 4.83. The molecule has 2 N–H and O–H groups in total. The van der Waals surface area contributed by atoms with Crippen molar-refractivity contribution in [1.82, 2.24) is 0 Å². The standard InChI is InChI=1S/C20H15ClFN3O3/c1-11-6-13(22)3-5-16(11)25-10-24(14-8-18(19(23)26)28-9-14)20(27)15-7-12(21)2-4-17(15)25/h2-9H,10H2,1H3,(H2,23,26). The minimum Gasteiger partial charge on any atom is -0.457 e. The van der Waals surface area contributed by atoms with Gasteiger partial charge in [-0.05, 0) is 48.9 Å². The van der Waals surface area contributed by atoms with E-state index in [0.29, 0.717) is 27.5 Å². The van der Waals surface area contributed by atoms with Crippen LogP contribution in [0.25, 0.3) is 0 Å². The van der Waals surface area contributed by atoms with Gasteiger partial charge in [-0.25, -0.2) is 4.39 Å². The average Bonchev–Trinajstić information content (AvgIpc) is 3.13. The van der Waals surface area contributed by atoms with Crippen molar-refractivity contribution in [2.75, 3.05) is 16.5 Å². The van der Waals surface area contributed by atoms with Crippen LogP contribution in [0.2, 0.25) is 5.02 Å². The highest BCUT2D eigenvalue weighted by Gasteiger charge is 2.33. The Morgan fingerprint density at radius 3 is 2.57 bits per heavy atom. The van der Waals surface area contributed by atoms with Crippen LogP contribution in [0, 0.1) is 12.7 Å². The number of hydrogen-bond donors (Lipinski definition) is 1. The number of furan rings is 1. The Labute approximate surface area is 164 Å². The molecule has 28 heavy (non-hydrogen) atoms. The number of amides is 2. The molecule has 2 amide bonds. The molecular weight excluding hydrogens is 385 g/mol. The van der Waals surface area contributed by atoms with Crippen molar-refractivity contribution in [2.24, 2.45) is 5.73 Å². The number of hydrogen-bond acceptors (Lipinski definition) is 4. The fourth-order valence-corrected chi connectivity index (χ4v) is 3.44. The predicted molar refractivity (Wildman–Crippen MR) is 104 cm³/mol. The highest BCUT2D eigenvalue weighted by molar-refractivity contribution is 6.31. The number of fused-ring (bicyclic) bond motifs is 1. The number of carbonyl (C=O) groups excluding carboxylic acids is 2.